The second-order valence-electron chi connectivity index (χ2n) is 6.83. The summed E-state index contributed by atoms with van der Waals surface area (Å²) in [5, 5.41) is 11.9. The minimum absolute atomic E-state index is 0.175. The highest BCUT2D eigenvalue weighted by Gasteiger charge is 2.70. The van der Waals surface area contributed by atoms with E-state index in [4.69, 9.17) is 4.74 Å². The zero-order valence-electron chi connectivity index (χ0n) is 12.9. The van der Waals surface area contributed by atoms with Crippen molar-refractivity contribution in [2.24, 2.45) is 5.92 Å². The maximum Gasteiger partial charge on any atom is 0.146 e. The van der Waals surface area contributed by atoms with Crippen LogP contribution in [0.5, 0.6) is 0 Å². The van der Waals surface area contributed by atoms with Gasteiger partial charge in [-0.25, -0.2) is 0 Å². The van der Waals surface area contributed by atoms with Crippen molar-refractivity contribution < 1.29 is 9.84 Å². The van der Waals surface area contributed by atoms with Crippen LogP contribution in [-0.2, 0) is 10.3 Å². The molecular weight excluding hydrogens is 272 g/mol. The summed E-state index contributed by atoms with van der Waals surface area (Å²) >= 11 is 0. The van der Waals surface area contributed by atoms with Crippen LogP contribution in [0.25, 0.3) is 0 Å². The Morgan fingerprint density at radius 2 is 1.50 bits per heavy atom. The van der Waals surface area contributed by atoms with Gasteiger partial charge in [-0.1, -0.05) is 67.6 Å². The Balaban J connectivity index is 1.87. The monoisotopic (exact) mass is 294 g/mol. The van der Waals surface area contributed by atoms with Crippen LogP contribution in [0.4, 0.5) is 0 Å². The zero-order valence-corrected chi connectivity index (χ0v) is 12.9. The predicted molar refractivity (Wildman–Crippen MR) is 86.5 cm³/mol. The van der Waals surface area contributed by atoms with Gasteiger partial charge >= 0.3 is 0 Å². The van der Waals surface area contributed by atoms with Crippen molar-refractivity contribution in [3.05, 3.63) is 71.8 Å². The number of fused-ring (bicyclic) bond motifs is 1. The first-order chi connectivity index (χ1) is 10.7. The average Bonchev–Trinajstić information content (AvgIpc) is 3.31. The molecule has 1 saturated carbocycles. The Kier molecular flexibility index (Phi) is 3.14. The lowest BCUT2D eigenvalue weighted by Gasteiger charge is -2.39. The largest absolute Gasteiger partial charge is 0.377 e. The van der Waals surface area contributed by atoms with Crippen LogP contribution in [0.1, 0.15) is 37.3 Å². The molecule has 0 aromatic heterocycles. The molecule has 2 aromatic carbocycles. The van der Waals surface area contributed by atoms with Crippen LogP contribution >= 0.6 is 0 Å². The Hall–Kier alpha value is -1.64. The van der Waals surface area contributed by atoms with Crippen LogP contribution in [0, 0.1) is 5.92 Å². The number of epoxide rings is 1. The van der Waals surface area contributed by atoms with Gasteiger partial charge in [-0.2, -0.15) is 0 Å². The summed E-state index contributed by atoms with van der Waals surface area (Å²) in [6, 6.07) is 20.0. The van der Waals surface area contributed by atoms with Crippen molar-refractivity contribution in [1.82, 2.24) is 0 Å². The van der Waals surface area contributed by atoms with Gasteiger partial charge in [0.05, 0.1) is 6.10 Å². The molecule has 114 valence electrons. The van der Waals surface area contributed by atoms with Crippen LogP contribution in [0.2, 0.25) is 0 Å². The molecule has 1 heterocycles. The number of benzene rings is 2. The quantitative estimate of drug-likeness (QED) is 0.871. The minimum atomic E-state index is -1.07. The summed E-state index contributed by atoms with van der Waals surface area (Å²) in [5.74, 6) is 0.581. The molecule has 3 atom stereocenters. The van der Waals surface area contributed by atoms with Crippen LogP contribution in [0.3, 0.4) is 0 Å². The molecule has 0 unspecified atom stereocenters. The minimum Gasteiger partial charge on any atom is -0.377 e. The summed E-state index contributed by atoms with van der Waals surface area (Å²) in [7, 11) is 0. The fourth-order valence-corrected chi connectivity index (χ4v) is 4.23. The topological polar surface area (TPSA) is 32.8 Å². The lowest BCUT2D eigenvalue weighted by Crippen LogP contribution is -2.47. The molecule has 0 amide bonds. The maximum atomic E-state index is 11.9. The van der Waals surface area contributed by atoms with Gasteiger partial charge in [-0.3, -0.25) is 0 Å². The van der Waals surface area contributed by atoms with E-state index in [0.717, 1.165) is 24.0 Å². The van der Waals surface area contributed by atoms with E-state index in [1.54, 1.807) is 0 Å². The molecule has 2 aromatic rings. The molecule has 1 aliphatic heterocycles. The van der Waals surface area contributed by atoms with E-state index in [-0.39, 0.29) is 6.10 Å². The SMILES string of the molecule is C[C@@H]1CC[C@H]2O[C@@]2(C(O)(c2ccccc2)c2ccccc2)C1. The van der Waals surface area contributed by atoms with Gasteiger partial charge in [-0.05, 0) is 36.3 Å². The third kappa shape index (κ3) is 1.87. The lowest BCUT2D eigenvalue weighted by molar-refractivity contribution is -0.0198. The van der Waals surface area contributed by atoms with Gasteiger partial charge in [0.15, 0.2) is 0 Å². The van der Waals surface area contributed by atoms with E-state index in [9.17, 15) is 5.11 Å². The highest BCUT2D eigenvalue weighted by atomic mass is 16.6. The average molecular weight is 294 g/mol. The van der Waals surface area contributed by atoms with E-state index >= 15 is 0 Å². The summed E-state index contributed by atoms with van der Waals surface area (Å²) in [6.45, 7) is 2.26. The Morgan fingerprint density at radius 1 is 0.955 bits per heavy atom. The number of rotatable bonds is 3. The van der Waals surface area contributed by atoms with E-state index in [1.165, 1.54) is 6.42 Å². The lowest BCUT2D eigenvalue weighted by atomic mass is 9.67. The fraction of sp³-hybridized carbons (Fsp3) is 0.400. The van der Waals surface area contributed by atoms with Crippen molar-refractivity contribution >= 4 is 0 Å². The van der Waals surface area contributed by atoms with Crippen LogP contribution in [-0.4, -0.2) is 16.8 Å². The predicted octanol–water partition coefficient (Wildman–Crippen LogP) is 3.88. The van der Waals surface area contributed by atoms with Crippen LogP contribution < -0.4 is 0 Å². The molecule has 0 spiro atoms. The van der Waals surface area contributed by atoms with Gasteiger partial charge in [0.2, 0.25) is 0 Å². The second-order valence-corrected chi connectivity index (χ2v) is 6.83. The first kappa shape index (κ1) is 14.0. The number of ether oxygens (including phenoxy) is 1. The van der Waals surface area contributed by atoms with Crippen molar-refractivity contribution in [2.45, 2.75) is 43.5 Å². The maximum absolute atomic E-state index is 11.9. The number of hydrogen-bond acceptors (Lipinski definition) is 2. The van der Waals surface area contributed by atoms with E-state index in [2.05, 4.69) is 6.92 Å². The molecule has 0 radical (unpaired) electrons. The molecule has 2 aliphatic rings. The molecule has 2 heteroatoms. The van der Waals surface area contributed by atoms with Crippen molar-refractivity contribution in [1.29, 1.82) is 0 Å². The molecule has 1 aliphatic carbocycles. The summed E-state index contributed by atoms with van der Waals surface area (Å²) < 4.78 is 6.16. The van der Waals surface area contributed by atoms with E-state index in [1.807, 2.05) is 60.7 Å². The van der Waals surface area contributed by atoms with E-state index < -0.39 is 11.2 Å². The molecule has 22 heavy (non-hydrogen) atoms. The van der Waals surface area contributed by atoms with Gasteiger partial charge in [-0.15, -0.1) is 0 Å². The summed E-state index contributed by atoms with van der Waals surface area (Å²) in [6.07, 6.45) is 3.32. The van der Waals surface area contributed by atoms with Gasteiger partial charge in [0.25, 0.3) is 0 Å². The molecule has 4 rings (SSSR count). The first-order valence-electron chi connectivity index (χ1n) is 8.18. The molecular formula is C20H22O2. The molecule has 1 N–H and O–H groups in total. The summed E-state index contributed by atoms with van der Waals surface area (Å²) in [4.78, 5) is 0. The Labute approximate surface area is 131 Å². The second kappa shape index (κ2) is 4.94. The third-order valence-electron chi connectivity index (χ3n) is 5.38. The highest BCUT2D eigenvalue weighted by molar-refractivity contribution is 5.43. The number of aliphatic hydroxyl groups is 1. The van der Waals surface area contributed by atoms with Crippen molar-refractivity contribution in [2.75, 3.05) is 0 Å². The van der Waals surface area contributed by atoms with Crippen LogP contribution in [0.15, 0.2) is 60.7 Å². The molecule has 1 saturated heterocycles. The van der Waals surface area contributed by atoms with Crippen molar-refractivity contribution in [3.63, 3.8) is 0 Å². The van der Waals surface area contributed by atoms with Crippen molar-refractivity contribution in [3.8, 4) is 0 Å². The molecule has 2 nitrogen and oxygen atoms in total. The Morgan fingerprint density at radius 3 is 2.05 bits per heavy atom. The normalized spacial score (nSPS) is 30.6. The van der Waals surface area contributed by atoms with Gasteiger partial charge < -0.3 is 9.84 Å². The smallest absolute Gasteiger partial charge is 0.146 e. The van der Waals surface area contributed by atoms with Gasteiger partial charge in [0, 0.05) is 0 Å². The first-order valence-corrected chi connectivity index (χ1v) is 8.18. The van der Waals surface area contributed by atoms with Gasteiger partial charge in [0.1, 0.15) is 11.2 Å². The summed E-state index contributed by atoms with van der Waals surface area (Å²) in [5.41, 5.74) is 0.318. The Bertz CT molecular complexity index is 612. The standard InChI is InChI=1S/C20H22O2/c1-15-12-13-18-19(14-15,22-18)20(21,16-8-4-2-5-9-16)17-10-6-3-7-11-17/h2-11,15,18,21H,12-14H2,1H3/t15-,18-,19+/m1/s1. The molecule has 2 fully saturated rings. The molecule has 0 bridgehead atoms. The fourth-order valence-electron chi connectivity index (χ4n) is 4.23. The number of hydrogen-bond donors (Lipinski definition) is 1. The highest BCUT2D eigenvalue weighted by Crippen LogP contribution is 2.61. The third-order valence-corrected chi connectivity index (χ3v) is 5.38. The van der Waals surface area contributed by atoms with E-state index in [0.29, 0.717) is 5.92 Å². The zero-order chi connectivity index (χ0) is 15.2.